The molecule has 1 aliphatic rings. The summed E-state index contributed by atoms with van der Waals surface area (Å²) in [7, 11) is 4.64. The molecule has 3 heterocycles. The van der Waals surface area contributed by atoms with Gasteiger partial charge >= 0.3 is 5.69 Å². The van der Waals surface area contributed by atoms with Crippen molar-refractivity contribution in [2.45, 2.75) is 6.54 Å². The number of aromatic nitrogens is 4. The van der Waals surface area contributed by atoms with Crippen LogP contribution in [0, 0.1) is 0 Å². The van der Waals surface area contributed by atoms with E-state index in [2.05, 4.69) is 15.5 Å². The summed E-state index contributed by atoms with van der Waals surface area (Å²) in [6.07, 6.45) is 0. The lowest BCUT2D eigenvalue weighted by atomic mass is 10.2. The van der Waals surface area contributed by atoms with E-state index in [0.29, 0.717) is 23.4 Å². The first kappa shape index (κ1) is 19.0. The topological polar surface area (TPSA) is 107 Å². The highest BCUT2D eigenvalue weighted by Crippen LogP contribution is 2.22. The molecule has 1 aliphatic heterocycles. The molecule has 0 atom stereocenters. The van der Waals surface area contributed by atoms with Gasteiger partial charge in [0, 0.05) is 21.1 Å². The van der Waals surface area contributed by atoms with E-state index < -0.39 is 11.2 Å². The Balaban J connectivity index is 1.67. The summed E-state index contributed by atoms with van der Waals surface area (Å²) in [6.45, 7) is 0.421. The summed E-state index contributed by atoms with van der Waals surface area (Å²) in [5.74, 6) is 0.580. The first-order valence-corrected chi connectivity index (χ1v) is 9.80. The number of carbonyl (C=O) groups excluding carboxylic acids is 1. The molecule has 1 N–H and O–H groups in total. The third-order valence-corrected chi connectivity index (χ3v) is 5.73. The van der Waals surface area contributed by atoms with Gasteiger partial charge in [0.15, 0.2) is 16.3 Å². The predicted molar refractivity (Wildman–Crippen MR) is 112 cm³/mol. The fourth-order valence-corrected chi connectivity index (χ4v) is 3.96. The van der Waals surface area contributed by atoms with Crippen LogP contribution in [0.5, 0.6) is 0 Å². The molecule has 1 fully saturated rings. The number of nitrogens with zero attached hydrogens (tertiary/aromatic N) is 6. The Labute approximate surface area is 169 Å². The van der Waals surface area contributed by atoms with Crippen molar-refractivity contribution in [3.05, 3.63) is 56.7 Å². The van der Waals surface area contributed by atoms with Crippen molar-refractivity contribution in [2.75, 3.05) is 11.2 Å². The van der Waals surface area contributed by atoms with Crippen molar-refractivity contribution in [3.63, 3.8) is 0 Å². The number of fused-ring (bicyclic) bond motifs is 1. The largest absolute Gasteiger partial charge is 0.332 e. The summed E-state index contributed by atoms with van der Waals surface area (Å²) in [5, 5.41) is 4.86. The van der Waals surface area contributed by atoms with E-state index in [1.807, 2.05) is 30.3 Å². The van der Waals surface area contributed by atoms with Gasteiger partial charge in [-0.15, -0.1) is 5.10 Å². The van der Waals surface area contributed by atoms with Gasteiger partial charge in [0.05, 0.1) is 12.3 Å². The average Bonchev–Trinajstić information content (AvgIpc) is 3.24. The monoisotopic (exact) mass is 413 g/mol. The van der Waals surface area contributed by atoms with E-state index in [1.54, 1.807) is 23.6 Å². The van der Waals surface area contributed by atoms with E-state index >= 15 is 0 Å². The van der Waals surface area contributed by atoms with Gasteiger partial charge in [-0.25, -0.2) is 10.2 Å². The second kappa shape index (κ2) is 7.24. The summed E-state index contributed by atoms with van der Waals surface area (Å²) < 4.78 is 3.89. The number of hydrogen-bond donors (Lipinski definition) is 1. The number of imidazole rings is 1. The predicted octanol–water partition coefficient (Wildman–Crippen LogP) is 0.429. The number of rotatable bonds is 4. The molecule has 0 aliphatic carbocycles. The zero-order chi connectivity index (χ0) is 20.7. The first-order chi connectivity index (χ1) is 13.9. The number of amides is 1. The number of benzene rings is 1. The molecule has 1 amide bonds. The number of aryl methyl sites for hydroxylation is 2. The maximum atomic E-state index is 12.5. The van der Waals surface area contributed by atoms with Gasteiger partial charge in [0.2, 0.25) is 11.9 Å². The number of amidine groups is 1. The van der Waals surface area contributed by atoms with Crippen LogP contribution in [0.3, 0.4) is 0 Å². The van der Waals surface area contributed by atoms with Crippen LogP contribution in [0.25, 0.3) is 11.2 Å². The third kappa shape index (κ3) is 3.23. The Morgan fingerprint density at radius 3 is 2.52 bits per heavy atom. The Hall–Kier alpha value is -3.34. The van der Waals surface area contributed by atoms with Crippen LogP contribution in [-0.2, 0) is 32.5 Å². The molecular formula is C18H19N7O3S. The van der Waals surface area contributed by atoms with Crippen molar-refractivity contribution in [2.24, 2.45) is 26.2 Å². The van der Waals surface area contributed by atoms with Gasteiger partial charge < -0.3 is 4.57 Å². The zero-order valence-electron chi connectivity index (χ0n) is 16.1. The quantitative estimate of drug-likeness (QED) is 0.622. The van der Waals surface area contributed by atoms with Crippen LogP contribution >= 0.6 is 11.8 Å². The fraction of sp³-hybridized carbons (Fsp3) is 0.278. The van der Waals surface area contributed by atoms with E-state index in [0.717, 1.165) is 10.1 Å². The summed E-state index contributed by atoms with van der Waals surface area (Å²) in [4.78, 5) is 42.8. The Kier molecular flexibility index (Phi) is 4.74. The smallest absolute Gasteiger partial charge is 0.306 e. The van der Waals surface area contributed by atoms with Crippen LogP contribution in [0.1, 0.15) is 5.56 Å². The lowest BCUT2D eigenvalue weighted by Crippen LogP contribution is -2.37. The molecule has 3 aromatic rings. The van der Waals surface area contributed by atoms with Crippen LogP contribution in [0.2, 0.25) is 0 Å². The van der Waals surface area contributed by atoms with Gasteiger partial charge in [-0.3, -0.25) is 23.6 Å². The molecule has 29 heavy (non-hydrogen) atoms. The zero-order valence-corrected chi connectivity index (χ0v) is 16.9. The SMILES string of the molecule is Cn1c(=O)c2c(nc(N/N=C3/SCC(=O)N3Cc3ccccc3)n2C)n(C)c1=O. The van der Waals surface area contributed by atoms with E-state index in [4.69, 9.17) is 0 Å². The molecule has 0 spiro atoms. The molecule has 11 heteroatoms. The second-order valence-corrected chi connectivity index (χ2v) is 7.58. The van der Waals surface area contributed by atoms with Gasteiger partial charge in [-0.05, 0) is 5.56 Å². The van der Waals surface area contributed by atoms with Crippen LogP contribution in [0.15, 0.2) is 45.0 Å². The van der Waals surface area contributed by atoms with Crippen molar-refractivity contribution in [1.82, 2.24) is 23.6 Å². The number of anilines is 1. The van der Waals surface area contributed by atoms with Crippen LogP contribution in [-0.4, -0.2) is 40.4 Å². The maximum Gasteiger partial charge on any atom is 0.332 e. The van der Waals surface area contributed by atoms with Crippen LogP contribution in [0.4, 0.5) is 5.95 Å². The molecule has 150 valence electrons. The first-order valence-electron chi connectivity index (χ1n) is 8.81. The van der Waals surface area contributed by atoms with Gasteiger partial charge in [0.1, 0.15) is 0 Å². The minimum atomic E-state index is -0.454. The molecule has 0 unspecified atom stereocenters. The highest BCUT2D eigenvalue weighted by molar-refractivity contribution is 8.15. The van der Waals surface area contributed by atoms with Gasteiger partial charge in [0.25, 0.3) is 5.56 Å². The van der Waals surface area contributed by atoms with E-state index in [1.165, 1.54) is 23.4 Å². The Bertz CT molecular complexity index is 1260. The van der Waals surface area contributed by atoms with Crippen LogP contribution < -0.4 is 16.7 Å². The molecular weight excluding hydrogens is 394 g/mol. The van der Waals surface area contributed by atoms with Crippen molar-refractivity contribution in [1.29, 1.82) is 0 Å². The Morgan fingerprint density at radius 2 is 1.79 bits per heavy atom. The molecule has 4 rings (SSSR count). The number of hydrogen-bond acceptors (Lipinski definition) is 7. The minimum absolute atomic E-state index is 0.0272. The molecule has 0 radical (unpaired) electrons. The molecule has 1 aromatic carbocycles. The minimum Gasteiger partial charge on any atom is -0.306 e. The highest BCUT2D eigenvalue weighted by Gasteiger charge is 2.28. The average molecular weight is 413 g/mol. The standard InChI is InChI=1S/C18H19N7O3S/c1-22-13-14(23(2)18(28)24(3)15(13)27)19-16(22)20-21-17-25(12(26)10-29-17)9-11-7-5-4-6-8-11/h4-8H,9-10H2,1-3H3,(H,19,20)/b21-17+. The molecule has 1 saturated heterocycles. The number of hydrazone groups is 1. The van der Waals surface area contributed by atoms with Gasteiger partial charge in [-0.1, -0.05) is 42.1 Å². The Morgan fingerprint density at radius 1 is 1.07 bits per heavy atom. The molecule has 0 bridgehead atoms. The summed E-state index contributed by atoms with van der Waals surface area (Å²) in [5.41, 5.74) is 3.49. The van der Waals surface area contributed by atoms with E-state index in [-0.39, 0.29) is 17.1 Å². The highest BCUT2D eigenvalue weighted by atomic mass is 32.2. The van der Waals surface area contributed by atoms with E-state index in [9.17, 15) is 14.4 Å². The van der Waals surface area contributed by atoms with Crippen molar-refractivity contribution >= 4 is 39.9 Å². The summed E-state index contributed by atoms with van der Waals surface area (Å²) >= 11 is 1.33. The lowest BCUT2D eigenvalue weighted by molar-refractivity contribution is -0.124. The van der Waals surface area contributed by atoms with Gasteiger partial charge in [-0.2, -0.15) is 4.98 Å². The number of thioether (sulfide) groups is 1. The lowest BCUT2D eigenvalue weighted by Gasteiger charge is -2.15. The molecule has 0 saturated carbocycles. The second-order valence-electron chi connectivity index (χ2n) is 6.63. The number of carbonyl (C=O) groups is 1. The molecule has 10 nitrogen and oxygen atoms in total. The number of nitrogens with one attached hydrogen (secondary N) is 1. The third-order valence-electron chi connectivity index (χ3n) is 4.77. The normalized spacial score (nSPS) is 15.6. The molecule has 2 aromatic heterocycles. The van der Waals surface area contributed by atoms with Crippen molar-refractivity contribution in [3.8, 4) is 0 Å². The van der Waals surface area contributed by atoms with Crippen molar-refractivity contribution < 1.29 is 4.79 Å². The fourth-order valence-electron chi connectivity index (χ4n) is 3.12. The maximum absolute atomic E-state index is 12.5. The summed E-state index contributed by atoms with van der Waals surface area (Å²) in [6, 6.07) is 9.65.